The van der Waals surface area contributed by atoms with Crippen LogP contribution in [-0.2, 0) is 13.1 Å². The molecule has 0 saturated carbocycles. The summed E-state index contributed by atoms with van der Waals surface area (Å²) in [6.07, 6.45) is 3.63. The maximum absolute atomic E-state index is 5.89. The first-order valence-corrected chi connectivity index (χ1v) is 7.24. The van der Waals surface area contributed by atoms with Crippen LogP contribution in [0.5, 0.6) is 0 Å². The van der Waals surface area contributed by atoms with Gasteiger partial charge in [-0.2, -0.15) is 0 Å². The summed E-state index contributed by atoms with van der Waals surface area (Å²) in [5.74, 6) is 1.84. The molecule has 3 rings (SSSR count). The van der Waals surface area contributed by atoms with Crippen molar-refractivity contribution < 1.29 is 9.73 Å². The number of hydrogen-bond donors (Lipinski definition) is 1. The van der Waals surface area contributed by atoms with Gasteiger partial charge in [-0.25, -0.2) is 0 Å². The van der Waals surface area contributed by atoms with E-state index in [2.05, 4.69) is 10.3 Å². The van der Waals surface area contributed by atoms with Crippen molar-refractivity contribution in [3.63, 3.8) is 0 Å². The molecule has 1 aromatic carbocycles. The summed E-state index contributed by atoms with van der Waals surface area (Å²) in [4.78, 5) is 4.01. The van der Waals surface area contributed by atoms with Crippen LogP contribution < -0.4 is 5.32 Å². The van der Waals surface area contributed by atoms with Gasteiger partial charge in [-0.3, -0.25) is 4.98 Å². The van der Waals surface area contributed by atoms with E-state index in [9.17, 15) is 0 Å². The van der Waals surface area contributed by atoms with Gasteiger partial charge in [0, 0.05) is 28.5 Å². The van der Waals surface area contributed by atoms with Crippen molar-refractivity contribution >= 4 is 11.6 Å². The van der Waals surface area contributed by atoms with Gasteiger partial charge in [-0.1, -0.05) is 11.6 Å². The van der Waals surface area contributed by atoms with Gasteiger partial charge in [0.1, 0.15) is 18.8 Å². The Balaban J connectivity index is 1.59. The molecule has 2 N–H and O–H groups in total. The molecule has 2 aromatic heterocycles. The minimum Gasteiger partial charge on any atom is -0.455 e. The number of quaternary nitrogens is 1. The Morgan fingerprint density at radius 2 is 1.67 bits per heavy atom. The average molecular weight is 300 g/mol. The number of halogens is 1. The summed E-state index contributed by atoms with van der Waals surface area (Å²) in [6, 6.07) is 15.7. The maximum atomic E-state index is 5.89. The smallest absolute Gasteiger partial charge is 0.158 e. The predicted molar refractivity (Wildman–Crippen MR) is 82.7 cm³/mol. The Labute approximate surface area is 128 Å². The number of aromatic nitrogens is 1. The van der Waals surface area contributed by atoms with Crippen LogP contribution in [0.1, 0.15) is 11.3 Å². The van der Waals surface area contributed by atoms with E-state index in [-0.39, 0.29) is 0 Å². The lowest BCUT2D eigenvalue weighted by Crippen LogP contribution is -2.80. The van der Waals surface area contributed by atoms with Gasteiger partial charge in [-0.15, -0.1) is 0 Å². The molecule has 2 heterocycles. The van der Waals surface area contributed by atoms with E-state index in [0.29, 0.717) is 0 Å². The number of hydrogen-bond acceptors (Lipinski definition) is 2. The SMILES string of the molecule is Clc1ccc(-c2ccc(C[NH2+]Cc3ccncc3)o2)cc1. The number of benzene rings is 1. The number of nitrogens with zero attached hydrogens (tertiary/aromatic N) is 1. The van der Waals surface area contributed by atoms with Crippen LogP contribution in [0.2, 0.25) is 5.02 Å². The molecule has 0 saturated heterocycles. The summed E-state index contributed by atoms with van der Waals surface area (Å²) >= 11 is 5.89. The molecule has 0 aliphatic heterocycles. The largest absolute Gasteiger partial charge is 0.455 e. The van der Waals surface area contributed by atoms with Crippen molar-refractivity contribution in [1.29, 1.82) is 0 Å². The molecule has 3 aromatic rings. The minimum atomic E-state index is 0.733. The third-order valence-corrected chi connectivity index (χ3v) is 3.52. The molecule has 0 aliphatic rings. The molecule has 21 heavy (non-hydrogen) atoms. The van der Waals surface area contributed by atoms with Crippen LogP contribution in [0.4, 0.5) is 0 Å². The number of furan rings is 1. The Morgan fingerprint density at radius 3 is 2.43 bits per heavy atom. The molecule has 4 heteroatoms. The molecule has 0 unspecified atom stereocenters. The molecule has 0 bridgehead atoms. The van der Waals surface area contributed by atoms with Crippen LogP contribution in [0.3, 0.4) is 0 Å². The highest BCUT2D eigenvalue weighted by molar-refractivity contribution is 6.30. The zero-order chi connectivity index (χ0) is 14.5. The molecule has 3 nitrogen and oxygen atoms in total. The van der Waals surface area contributed by atoms with Crippen LogP contribution in [0.15, 0.2) is 65.3 Å². The molecule has 106 valence electrons. The lowest BCUT2D eigenvalue weighted by molar-refractivity contribution is -0.687. The van der Waals surface area contributed by atoms with Gasteiger partial charge in [-0.05, 0) is 48.5 Å². The van der Waals surface area contributed by atoms with Crippen molar-refractivity contribution in [2.45, 2.75) is 13.1 Å². The van der Waals surface area contributed by atoms with Crippen LogP contribution in [-0.4, -0.2) is 4.98 Å². The fourth-order valence-corrected chi connectivity index (χ4v) is 2.28. The first-order valence-electron chi connectivity index (χ1n) is 6.86. The van der Waals surface area contributed by atoms with Crippen molar-refractivity contribution in [3.8, 4) is 11.3 Å². The van der Waals surface area contributed by atoms with Gasteiger partial charge in [0.25, 0.3) is 0 Å². The van der Waals surface area contributed by atoms with Gasteiger partial charge in [0.05, 0.1) is 0 Å². The van der Waals surface area contributed by atoms with Gasteiger partial charge >= 0.3 is 0 Å². The van der Waals surface area contributed by atoms with Crippen LogP contribution >= 0.6 is 11.6 Å². The first-order chi connectivity index (χ1) is 10.3. The molecule has 0 radical (unpaired) electrons. The van der Waals surface area contributed by atoms with Crippen LogP contribution in [0.25, 0.3) is 11.3 Å². The minimum absolute atomic E-state index is 0.733. The molecule has 0 atom stereocenters. The van der Waals surface area contributed by atoms with E-state index in [4.69, 9.17) is 16.0 Å². The van der Waals surface area contributed by atoms with Crippen molar-refractivity contribution in [3.05, 3.63) is 77.3 Å². The summed E-state index contributed by atoms with van der Waals surface area (Å²) in [5, 5.41) is 2.94. The fraction of sp³-hybridized carbons (Fsp3) is 0.118. The predicted octanol–water partition coefficient (Wildman–Crippen LogP) is 3.26. The van der Waals surface area contributed by atoms with Crippen molar-refractivity contribution in [1.82, 2.24) is 4.98 Å². The van der Waals surface area contributed by atoms with Gasteiger partial charge in [0.15, 0.2) is 5.76 Å². The average Bonchev–Trinajstić information content (AvgIpc) is 2.98. The Hall–Kier alpha value is -2.10. The van der Waals surface area contributed by atoms with E-state index >= 15 is 0 Å². The summed E-state index contributed by atoms with van der Waals surface area (Å²) < 4.78 is 5.86. The number of pyridine rings is 1. The normalized spacial score (nSPS) is 10.7. The summed E-state index contributed by atoms with van der Waals surface area (Å²) in [6.45, 7) is 1.73. The van der Waals surface area contributed by atoms with Gasteiger partial charge in [0.2, 0.25) is 0 Å². The topological polar surface area (TPSA) is 42.6 Å². The highest BCUT2D eigenvalue weighted by atomic mass is 35.5. The number of nitrogens with two attached hydrogens (primary N) is 1. The Morgan fingerprint density at radius 1 is 0.905 bits per heavy atom. The van der Waals surface area contributed by atoms with Crippen molar-refractivity contribution in [2.24, 2.45) is 0 Å². The third kappa shape index (κ3) is 3.72. The highest BCUT2D eigenvalue weighted by Gasteiger charge is 2.06. The molecule has 0 aliphatic carbocycles. The molecular formula is C17H16ClN2O+. The van der Waals surface area contributed by atoms with E-state index in [1.165, 1.54) is 5.56 Å². The first kappa shape index (κ1) is 13.9. The molecular weight excluding hydrogens is 284 g/mol. The second-order valence-electron chi connectivity index (χ2n) is 4.83. The van der Waals surface area contributed by atoms with E-state index in [1.807, 2.05) is 60.9 Å². The quantitative estimate of drug-likeness (QED) is 0.786. The van der Waals surface area contributed by atoms with E-state index in [0.717, 1.165) is 35.2 Å². The van der Waals surface area contributed by atoms with Gasteiger partial charge < -0.3 is 9.73 Å². The van der Waals surface area contributed by atoms with Crippen LogP contribution in [0, 0.1) is 0 Å². The summed E-state index contributed by atoms with van der Waals surface area (Å²) in [5.41, 5.74) is 2.30. The molecule has 0 fully saturated rings. The Bertz CT molecular complexity index is 692. The number of rotatable bonds is 5. The van der Waals surface area contributed by atoms with E-state index < -0.39 is 0 Å². The maximum Gasteiger partial charge on any atom is 0.158 e. The summed E-state index contributed by atoms with van der Waals surface area (Å²) in [7, 11) is 0. The Kier molecular flexibility index (Phi) is 4.34. The monoisotopic (exact) mass is 299 g/mol. The lowest BCUT2D eigenvalue weighted by Gasteiger charge is -2.00. The second kappa shape index (κ2) is 6.57. The fourth-order valence-electron chi connectivity index (χ4n) is 2.16. The zero-order valence-corrected chi connectivity index (χ0v) is 12.3. The molecule has 0 amide bonds. The van der Waals surface area contributed by atoms with E-state index in [1.54, 1.807) is 0 Å². The molecule has 0 spiro atoms. The lowest BCUT2D eigenvalue weighted by atomic mass is 10.2. The standard InChI is InChI=1S/C17H15ClN2O/c18-15-3-1-14(2-4-15)17-6-5-16(21-17)12-20-11-13-7-9-19-10-8-13/h1-10,20H,11-12H2/p+1. The highest BCUT2D eigenvalue weighted by Crippen LogP contribution is 2.23. The second-order valence-corrected chi connectivity index (χ2v) is 5.26. The van der Waals surface area contributed by atoms with Crippen molar-refractivity contribution in [2.75, 3.05) is 0 Å². The third-order valence-electron chi connectivity index (χ3n) is 3.27. The zero-order valence-electron chi connectivity index (χ0n) is 11.5.